The lowest BCUT2D eigenvalue weighted by molar-refractivity contribution is 0.375. The number of rotatable bonds is 4. The summed E-state index contributed by atoms with van der Waals surface area (Å²) >= 11 is 0. The molecule has 7 aromatic rings. The Hall–Kier alpha value is -6.90. The SMILES string of the molecule is N#Cc1cccc(-c2cccc(-c3nc(-c4ccccc4)nc(-c4cccc5c4Oc4ccccc4C54c5ccccc5C5C=CC=CC54)n3)c2)c1. The molecule has 6 aromatic carbocycles. The van der Waals surface area contributed by atoms with Gasteiger partial charge in [0.15, 0.2) is 17.5 Å². The van der Waals surface area contributed by atoms with Crippen LogP contribution in [-0.4, -0.2) is 15.0 Å². The Morgan fingerprint density at radius 1 is 0.538 bits per heavy atom. The second kappa shape index (κ2) is 11.9. The summed E-state index contributed by atoms with van der Waals surface area (Å²) < 4.78 is 6.97. The molecule has 10 rings (SSSR count). The smallest absolute Gasteiger partial charge is 0.167 e. The van der Waals surface area contributed by atoms with Crippen LogP contribution in [0, 0.1) is 17.2 Å². The number of aromatic nitrogens is 3. The molecule has 1 spiro atoms. The first-order valence-electron chi connectivity index (χ1n) is 17.5. The average Bonchev–Trinajstić information content (AvgIpc) is 3.51. The van der Waals surface area contributed by atoms with E-state index in [0.29, 0.717) is 23.0 Å². The Labute approximate surface area is 301 Å². The zero-order valence-electron chi connectivity index (χ0n) is 28.0. The van der Waals surface area contributed by atoms with Crippen LogP contribution >= 0.6 is 0 Å². The van der Waals surface area contributed by atoms with Gasteiger partial charge < -0.3 is 4.74 Å². The second-order valence-corrected chi connectivity index (χ2v) is 13.4. The molecule has 3 atom stereocenters. The van der Waals surface area contributed by atoms with Gasteiger partial charge in [-0.15, -0.1) is 0 Å². The van der Waals surface area contributed by atoms with E-state index in [-0.39, 0.29) is 11.8 Å². The fourth-order valence-electron chi connectivity index (χ4n) is 8.51. The Morgan fingerprint density at radius 3 is 2.04 bits per heavy atom. The van der Waals surface area contributed by atoms with Gasteiger partial charge in [0, 0.05) is 34.1 Å². The summed E-state index contributed by atoms with van der Waals surface area (Å²) in [7, 11) is 0. The molecule has 0 saturated carbocycles. The van der Waals surface area contributed by atoms with Crippen LogP contribution in [0.5, 0.6) is 11.5 Å². The van der Waals surface area contributed by atoms with Gasteiger partial charge in [-0.3, -0.25) is 0 Å². The van der Waals surface area contributed by atoms with Crippen molar-refractivity contribution in [3.05, 3.63) is 198 Å². The first kappa shape index (κ1) is 30.0. The van der Waals surface area contributed by atoms with Crippen molar-refractivity contribution in [2.75, 3.05) is 0 Å². The van der Waals surface area contributed by atoms with Gasteiger partial charge in [-0.05, 0) is 52.6 Å². The van der Waals surface area contributed by atoms with Crippen LogP contribution in [0.15, 0.2) is 170 Å². The summed E-state index contributed by atoms with van der Waals surface area (Å²) in [5.74, 6) is 3.66. The molecular weight excluding hydrogens is 637 g/mol. The Balaban J connectivity index is 1.20. The number of hydrogen-bond acceptors (Lipinski definition) is 5. The van der Waals surface area contributed by atoms with Crippen molar-refractivity contribution in [3.8, 4) is 62.9 Å². The largest absolute Gasteiger partial charge is 0.456 e. The first-order chi connectivity index (χ1) is 25.7. The molecule has 5 heteroatoms. The first-order valence-corrected chi connectivity index (χ1v) is 17.5. The van der Waals surface area contributed by atoms with Crippen LogP contribution in [-0.2, 0) is 5.41 Å². The van der Waals surface area contributed by atoms with Gasteiger partial charge >= 0.3 is 0 Å². The van der Waals surface area contributed by atoms with Crippen LogP contribution in [0.25, 0.3) is 45.3 Å². The lowest BCUT2D eigenvalue weighted by Gasteiger charge is -2.43. The van der Waals surface area contributed by atoms with Crippen molar-refractivity contribution < 1.29 is 4.74 Å². The Bertz CT molecular complexity index is 2650. The van der Waals surface area contributed by atoms with Crippen molar-refractivity contribution in [1.29, 1.82) is 5.26 Å². The Kier molecular flexibility index (Phi) is 6.84. The van der Waals surface area contributed by atoms with Crippen LogP contribution in [0.3, 0.4) is 0 Å². The predicted molar refractivity (Wildman–Crippen MR) is 204 cm³/mol. The van der Waals surface area contributed by atoms with E-state index in [1.807, 2.05) is 78.9 Å². The molecule has 0 saturated heterocycles. The number of para-hydroxylation sites is 2. The van der Waals surface area contributed by atoms with Crippen molar-refractivity contribution in [2.45, 2.75) is 11.3 Å². The summed E-state index contributed by atoms with van der Waals surface area (Å²) in [6.45, 7) is 0. The van der Waals surface area contributed by atoms with Crippen molar-refractivity contribution >= 4 is 0 Å². The molecule has 244 valence electrons. The highest BCUT2D eigenvalue weighted by Crippen LogP contribution is 2.65. The molecule has 1 aliphatic heterocycles. The van der Waals surface area contributed by atoms with Crippen LogP contribution in [0.1, 0.15) is 33.7 Å². The number of allylic oxidation sites excluding steroid dienone is 4. The van der Waals surface area contributed by atoms with E-state index >= 15 is 0 Å². The minimum atomic E-state index is -0.479. The number of benzene rings is 6. The minimum absolute atomic E-state index is 0.157. The van der Waals surface area contributed by atoms with Crippen molar-refractivity contribution in [3.63, 3.8) is 0 Å². The van der Waals surface area contributed by atoms with Gasteiger partial charge in [0.05, 0.1) is 22.6 Å². The van der Waals surface area contributed by atoms with E-state index in [4.69, 9.17) is 19.7 Å². The quantitative estimate of drug-likeness (QED) is 0.187. The highest BCUT2D eigenvalue weighted by molar-refractivity contribution is 5.79. The molecule has 0 fully saturated rings. The normalized spacial score (nSPS) is 18.8. The molecule has 0 radical (unpaired) electrons. The van der Waals surface area contributed by atoms with Gasteiger partial charge in [-0.25, -0.2) is 15.0 Å². The lowest BCUT2D eigenvalue weighted by Crippen LogP contribution is -2.37. The third kappa shape index (κ3) is 4.51. The molecule has 3 aliphatic rings. The van der Waals surface area contributed by atoms with E-state index in [2.05, 4.69) is 97.1 Å². The number of fused-ring (bicyclic) bond motifs is 9. The van der Waals surface area contributed by atoms with E-state index in [1.54, 1.807) is 0 Å². The van der Waals surface area contributed by atoms with E-state index in [0.717, 1.165) is 50.4 Å². The van der Waals surface area contributed by atoms with Crippen LogP contribution in [0.2, 0.25) is 0 Å². The maximum atomic E-state index is 9.54. The van der Waals surface area contributed by atoms with Gasteiger partial charge in [0.25, 0.3) is 0 Å². The molecule has 2 heterocycles. The van der Waals surface area contributed by atoms with E-state index in [1.165, 1.54) is 11.1 Å². The molecule has 1 aromatic heterocycles. The summed E-state index contributed by atoms with van der Waals surface area (Å²) in [6.07, 6.45) is 9.07. The summed E-state index contributed by atoms with van der Waals surface area (Å²) in [5, 5.41) is 9.54. The molecule has 52 heavy (non-hydrogen) atoms. The van der Waals surface area contributed by atoms with Gasteiger partial charge in [-0.2, -0.15) is 5.26 Å². The molecule has 2 aliphatic carbocycles. The van der Waals surface area contributed by atoms with Crippen LogP contribution in [0.4, 0.5) is 0 Å². The van der Waals surface area contributed by atoms with Gasteiger partial charge in [0.1, 0.15) is 11.5 Å². The van der Waals surface area contributed by atoms with Crippen LogP contribution < -0.4 is 4.74 Å². The molecule has 0 N–H and O–H groups in total. The monoisotopic (exact) mass is 666 g/mol. The standard InChI is InChI=1S/C47H30N4O/c48-29-30-13-10-16-32(27-30)33-17-11-18-34(28-33)45-49-44(31-14-2-1-3-15-31)50-46(51-45)37-21-12-25-41-43(37)52-42-26-9-8-24-40(42)47(41)38-22-6-4-19-35(38)36-20-5-7-23-39(36)47/h1-28,35,38H. The Morgan fingerprint density at radius 2 is 1.17 bits per heavy atom. The topological polar surface area (TPSA) is 71.7 Å². The highest BCUT2D eigenvalue weighted by atomic mass is 16.5. The summed E-state index contributed by atoms with van der Waals surface area (Å²) in [4.78, 5) is 15.4. The number of hydrogen-bond donors (Lipinski definition) is 0. The summed E-state index contributed by atoms with van der Waals surface area (Å²) in [5.41, 5.74) is 9.52. The zero-order valence-corrected chi connectivity index (χ0v) is 28.0. The molecule has 0 bridgehead atoms. The number of ether oxygens (including phenoxy) is 1. The predicted octanol–water partition coefficient (Wildman–Crippen LogP) is 10.7. The van der Waals surface area contributed by atoms with Crippen molar-refractivity contribution in [1.82, 2.24) is 15.0 Å². The number of nitriles is 1. The highest BCUT2D eigenvalue weighted by Gasteiger charge is 2.56. The fourth-order valence-corrected chi connectivity index (χ4v) is 8.51. The third-order valence-electron chi connectivity index (χ3n) is 10.7. The number of nitrogens with zero attached hydrogens (tertiary/aromatic N) is 4. The van der Waals surface area contributed by atoms with Gasteiger partial charge in [-0.1, -0.05) is 140 Å². The average molecular weight is 667 g/mol. The maximum Gasteiger partial charge on any atom is 0.167 e. The molecule has 5 nitrogen and oxygen atoms in total. The van der Waals surface area contributed by atoms with Gasteiger partial charge in [0.2, 0.25) is 0 Å². The lowest BCUT2D eigenvalue weighted by atomic mass is 9.61. The molecule has 0 amide bonds. The third-order valence-corrected chi connectivity index (χ3v) is 10.7. The second-order valence-electron chi connectivity index (χ2n) is 13.4. The van der Waals surface area contributed by atoms with Crippen molar-refractivity contribution in [2.24, 2.45) is 5.92 Å². The van der Waals surface area contributed by atoms with E-state index in [9.17, 15) is 5.26 Å². The maximum absolute atomic E-state index is 9.54. The zero-order chi connectivity index (χ0) is 34.6. The fraction of sp³-hybridized carbons (Fsp3) is 0.0638. The minimum Gasteiger partial charge on any atom is -0.456 e. The molecule has 3 unspecified atom stereocenters. The summed E-state index contributed by atoms with van der Waals surface area (Å²) in [6, 6.07) is 51.8. The van der Waals surface area contributed by atoms with E-state index < -0.39 is 5.41 Å². The molecular formula is C47H30N4O.